The Morgan fingerprint density at radius 2 is 1.07 bits per heavy atom. The van der Waals surface area contributed by atoms with Crippen molar-refractivity contribution in [3.8, 4) is 0 Å². The minimum Gasteiger partial charge on any atom is -0.367 e. The number of ether oxygens (including phenoxy) is 8. The Balaban J connectivity index is 0.000000175. The Morgan fingerprint density at radius 3 is 1.45 bits per heavy atom. The highest BCUT2D eigenvalue weighted by atomic mass is 16.9. The van der Waals surface area contributed by atoms with E-state index in [0.717, 1.165) is 23.8 Å². The van der Waals surface area contributed by atoms with E-state index < -0.39 is 47.6 Å². The molecule has 9 heteroatoms. The van der Waals surface area contributed by atoms with Gasteiger partial charge in [0.15, 0.2) is 36.0 Å². The average Bonchev–Trinajstić information content (AvgIpc) is 3.67. The van der Waals surface area contributed by atoms with E-state index in [-0.39, 0.29) is 12.2 Å². The van der Waals surface area contributed by atoms with Crippen LogP contribution in [0.3, 0.4) is 0 Å². The molecule has 0 saturated carbocycles. The van der Waals surface area contributed by atoms with Crippen LogP contribution in [0.4, 0.5) is 0 Å². The third-order valence-corrected chi connectivity index (χ3v) is 8.60. The molecule has 4 aliphatic heterocycles. The van der Waals surface area contributed by atoms with Crippen LogP contribution in [0, 0.1) is 0 Å². The summed E-state index contributed by atoms with van der Waals surface area (Å²) in [5.74, 6) is -1.38. The molecule has 2 unspecified atom stereocenters. The molecule has 0 aromatic heterocycles. The molecular formula is C35H46O9. The molecule has 0 N–H and O–H groups in total. The number of hydrogen-bond acceptors (Lipinski definition) is 9. The monoisotopic (exact) mass is 610 g/mol. The van der Waals surface area contributed by atoms with Gasteiger partial charge in [0.1, 0.15) is 30.0 Å². The van der Waals surface area contributed by atoms with Crippen molar-refractivity contribution in [1.29, 1.82) is 0 Å². The summed E-state index contributed by atoms with van der Waals surface area (Å²) in [5, 5.41) is 0. The van der Waals surface area contributed by atoms with Gasteiger partial charge < -0.3 is 42.7 Å². The second-order valence-corrected chi connectivity index (χ2v) is 12.5. The van der Waals surface area contributed by atoms with E-state index in [1.807, 2.05) is 101 Å². The zero-order valence-corrected chi connectivity index (χ0v) is 26.6. The van der Waals surface area contributed by atoms with Crippen LogP contribution >= 0.6 is 0 Å². The second-order valence-electron chi connectivity index (χ2n) is 12.5. The number of carbonyl (C=O) groups excluding carboxylic acids is 1. The molecule has 4 aliphatic rings. The molecule has 0 radical (unpaired) electrons. The molecule has 2 aromatic carbocycles. The van der Waals surface area contributed by atoms with E-state index in [4.69, 9.17) is 37.9 Å². The lowest BCUT2D eigenvalue weighted by Gasteiger charge is -2.33. The predicted octanol–water partition coefficient (Wildman–Crippen LogP) is 5.84. The van der Waals surface area contributed by atoms with Gasteiger partial charge >= 0.3 is 0 Å². The molecule has 0 amide bonds. The van der Waals surface area contributed by atoms with Crippen molar-refractivity contribution in [2.45, 2.75) is 127 Å². The Labute approximate surface area is 260 Å². The summed E-state index contributed by atoms with van der Waals surface area (Å²) in [6.07, 6.45) is 1.58. The van der Waals surface area contributed by atoms with Crippen LogP contribution in [0.25, 0.3) is 0 Å². The van der Waals surface area contributed by atoms with Crippen LogP contribution in [-0.4, -0.2) is 66.1 Å². The Kier molecular flexibility index (Phi) is 9.80. The number of hydrogen-bond donors (Lipinski definition) is 0. The molecule has 240 valence electrons. The molecule has 6 rings (SSSR count). The van der Waals surface area contributed by atoms with Crippen LogP contribution in [0.1, 0.15) is 65.5 Å². The summed E-state index contributed by atoms with van der Waals surface area (Å²) in [4.78, 5) is 11.7. The maximum absolute atomic E-state index is 11.7. The van der Waals surface area contributed by atoms with Crippen molar-refractivity contribution in [2.75, 3.05) is 0 Å². The number of benzene rings is 2. The first-order valence-electron chi connectivity index (χ1n) is 15.5. The van der Waals surface area contributed by atoms with Crippen LogP contribution in [0.15, 0.2) is 73.3 Å². The first kappa shape index (κ1) is 32.9. The molecule has 2 aromatic rings. The topological polar surface area (TPSA) is 90.9 Å². The van der Waals surface area contributed by atoms with Gasteiger partial charge in [0, 0.05) is 0 Å². The van der Waals surface area contributed by atoms with Crippen molar-refractivity contribution >= 4 is 6.29 Å². The molecule has 4 fully saturated rings. The van der Waals surface area contributed by atoms with Crippen molar-refractivity contribution in [3.05, 3.63) is 84.4 Å². The van der Waals surface area contributed by atoms with E-state index in [1.165, 1.54) is 0 Å². The van der Waals surface area contributed by atoms with E-state index in [1.54, 1.807) is 0 Å². The molecule has 0 bridgehead atoms. The zero-order valence-electron chi connectivity index (χ0n) is 26.6. The molecule has 0 aliphatic carbocycles. The van der Waals surface area contributed by atoms with Gasteiger partial charge in [0.2, 0.25) is 0 Å². The lowest BCUT2D eigenvalue weighted by molar-refractivity contribution is -0.238. The zero-order chi connectivity index (χ0) is 31.6. The Hall–Kier alpha value is -2.47. The summed E-state index contributed by atoms with van der Waals surface area (Å²) in [7, 11) is 0. The van der Waals surface area contributed by atoms with E-state index in [2.05, 4.69) is 13.5 Å². The lowest BCUT2D eigenvalue weighted by Crippen LogP contribution is -2.47. The molecule has 44 heavy (non-hydrogen) atoms. The van der Waals surface area contributed by atoms with Crippen LogP contribution < -0.4 is 0 Å². The number of fused-ring (bicyclic) bond motifs is 2. The summed E-state index contributed by atoms with van der Waals surface area (Å²) >= 11 is 0. The summed E-state index contributed by atoms with van der Waals surface area (Å²) in [5.41, 5.74) is 0.583. The third-order valence-electron chi connectivity index (χ3n) is 8.60. The van der Waals surface area contributed by atoms with Crippen LogP contribution in [-0.2, 0) is 55.9 Å². The van der Waals surface area contributed by atoms with Gasteiger partial charge in [0.05, 0.1) is 13.2 Å². The molecular weight excluding hydrogens is 564 g/mol. The van der Waals surface area contributed by atoms with E-state index >= 15 is 0 Å². The smallest absolute Gasteiger partial charge is 0.191 e. The van der Waals surface area contributed by atoms with Gasteiger partial charge in [-0.2, -0.15) is 0 Å². The van der Waals surface area contributed by atoms with Crippen LogP contribution in [0.5, 0.6) is 0 Å². The first-order valence-corrected chi connectivity index (χ1v) is 15.5. The number of aldehydes is 1. The fraction of sp³-hybridized carbons (Fsp3) is 0.571. The molecule has 9 nitrogen and oxygen atoms in total. The minimum atomic E-state index is -1.01. The molecule has 4 heterocycles. The number of rotatable bonds is 10. The van der Waals surface area contributed by atoms with Gasteiger partial charge in [-0.15, -0.1) is 6.58 Å². The van der Waals surface area contributed by atoms with Crippen molar-refractivity contribution < 1.29 is 42.7 Å². The quantitative estimate of drug-likeness (QED) is 0.243. The van der Waals surface area contributed by atoms with Gasteiger partial charge in [-0.05, 0) is 51.7 Å². The van der Waals surface area contributed by atoms with Gasteiger partial charge in [-0.3, -0.25) is 0 Å². The predicted molar refractivity (Wildman–Crippen MR) is 162 cm³/mol. The van der Waals surface area contributed by atoms with Crippen molar-refractivity contribution in [1.82, 2.24) is 0 Å². The molecule has 0 spiro atoms. The summed E-state index contributed by atoms with van der Waals surface area (Å²) < 4.78 is 47.7. The van der Waals surface area contributed by atoms with Crippen molar-refractivity contribution in [3.63, 3.8) is 0 Å². The average molecular weight is 611 g/mol. The third kappa shape index (κ3) is 6.71. The Morgan fingerprint density at radius 1 is 0.659 bits per heavy atom. The van der Waals surface area contributed by atoms with Gasteiger partial charge in [-0.25, -0.2) is 0 Å². The normalized spacial score (nSPS) is 36.2. The standard InChI is InChI=1S/C18H24O4.C17H22O5/c1-5-18(6-2)15(19-12-13-10-8-7-9-11-13)14-16(22-18)21-17(3,4)20-14;1-4-17(11-18)14(19-10-12-8-6-5-7-9-12)13-15(22-17)21-16(2,3)20-13/h5,7-11,14-16H,1,6,12H2,2-4H3;5-9,11,13-15H,4,10H2,1-3H3/t14-,15?,16-,18+;13-,14?,15-,17-/m00/s1. The second kappa shape index (κ2) is 13.1. The fourth-order valence-electron chi connectivity index (χ4n) is 6.28. The largest absolute Gasteiger partial charge is 0.367 e. The SMILES string of the molecule is C=C[C@]1(CC)O[C@@H]2OC(C)(C)O[C@H]2C1OCc1ccccc1.CC[C@@]1(C=O)O[C@@H]2OC(C)(C)O[C@H]2C1OCc1ccccc1. The summed E-state index contributed by atoms with van der Waals surface area (Å²) in [6, 6.07) is 19.9. The van der Waals surface area contributed by atoms with E-state index in [0.29, 0.717) is 19.6 Å². The molecule has 8 atom stereocenters. The van der Waals surface area contributed by atoms with Crippen LogP contribution in [0.2, 0.25) is 0 Å². The van der Waals surface area contributed by atoms with Gasteiger partial charge in [0.25, 0.3) is 0 Å². The highest BCUT2D eigenvalue weighted by Gasteiger charge is 2.62. The molecule has 4 saturated heterocycles. The fourth-order valence-corrected chi connectivity index (χ4v) is 6.28. The highest BCUT2D eigenvalue weighted by molar-refractivity contribution is 5.65. The highest BCUT2D eigenvalue weighted by Crippen LogP contribution is 2.46. The van der Waals surface area contributed by atoms with E-state index in [9.17, 15) is 4.79 Å². The lowest BCUT2D eigenvalue weighted by atomic mass is 9.92. The number of carbonyl (C=O) groups is 1. The summed E-state index contributed by atoms with van der Waals surface area (Å²) in [6.45, 7) is 16.3. The maximum Gasteiger partial charge on any atom is 0.191 e. The Bertz CT molecular complexity index is 1150. The minimum absolute atomic E-state index is 0.234. The van der Waals surface area contributed by atoms with Gasteiger partial charge in [-0.1, -0.05) is 80.6 Å². The van der Waals surface area contributed by atoms with Crippen molar-refractivity contribution in [2.24, 2.45) is 0 Å². The maximum atomic E-state index is 11.7. The first-order chi connectivity index (χ1) is 21.0.